The minimum atomic E-state index is -0.228. The van der Waals surface area contributed by atoms with Crippen molar-refractivity contribution >= 4 is 11.9 Å². The monoisotopic (exact) mass is 364 g/mol. The van der Waals surface area contributed by atoms with E-state index in [1.165, 1.54) is 11.0 Å². The smallest absolute Gasteiger partial charge is 0.243 e. The second-order valence-corrected chi connectivity index (χ2v) is 6.94. The number of carbonyl (C=O) groups excluding carboxylic acids is 1. The predicted molar refractivity (Wildman–Crippen MR) is 101 cm³/mol. The van der Waals surface area contributed by atoms with Crippen LogP contribution in [0.5, 0.6) is 0 Å². The van der Waals surface area contributed by atoms with Gasteiger partial charge in [-0.1, -0.05) is 12.1 Å². The molecule has 1 aromatic carbocycles. The van der Waals surface area contributed by atoms with Crippen LogP contribution in [-0.2, 0) is 9.53 Å². The lowest BCUT2D eigenvalue weighted by Gasteiger charge is -2.20. The highest BCUT2D eigenvalue weighted by Crippen LogP contribution is 2.16. The summed E-state index contributed by atoms with van der Waals surface area (Å²) < 4.78 is 19.2. The van der Waals surface area contributed by atoms with Crippen LogP contribution in [0.4, 0.5) is 4.39 Å². The van der Waals surface area contributed by atoms with Gasteiger partial charge in [-0.3, -0.25) is 4.79 Å². The second-order valence-electron chi connectivity index (χ2n) is 6.94. The molecule has 1 aliphatic heterocycles. The third-order valence-corrected chi connectivity index (χ3v) is 4.50. The van der Waals surface area contributed by atoms with Crippen molar-refractivity contribution in [1.29, 1.82) is 0 Å². The van der Waals surface area contributed by atoms with Crippen LogP contribution in [-0.4, -0.2) is 57.2 Å². The Kier molecular flexibility index (Phi) is 7.38. The summed E-state index contributed by atoms with van der Waals surface area (Å²) in [5.41, 5.74) is 1.44. The molecule has 0 saturated carbocycles. The fourth-order valence-corrected chi connectivity index (χ4v) is 2.59. The van der Waals surface area contributed by atoms with Crippen LogP contribution in [0.2, 0.25) is 0 Å². The number of aryl methyl sites for hydroxylation is 1. The number of ether oxygens (including phenoxy) is 1. The Labute approximate surface area is 154 Å². The molecule has 0 aliphatic carbocycles. The minimum absolute atomic E-state index is 0.0540. The predicted octanol–water partition coefficient (Wildman–Crippen LogP) is 1.86. The number of benzene rings is 1. The first-order valence-corrected chi connectivity index (χ1v) is 8.95. The number of nitrogens with zero attached hydrogens (tertiary/aromatic N) is 2. The largest absolute Gasteiger partial charge is 0.381 e. The molecule has 2 atom stereocenters. The van der Waals surface area contributed by atoms with Crippen molar-refractivity contribution in [1.82, 2.24) is 15.5 Å². The Morgan fingerprint density at radius 3 is 2.85 bits per heavy atom. The van der Waals surface area contributed by atoms with E-state index in [-0.39, 0.29) is 24.3 Å². The Hall–Kier alpha value is -2.15. The van der Waals surface area contributed by atoms with Gasteiger partial charge >= 0.3 is 0 Å². The van der Waals surface area contributed by atoms with Gasteiger partial charge in [-0.15, -0.1) is 0 Å². The van der Waals surface area contributed by atoms with E-state index in [9.17, 15) is 9.18 Å². The van der Waals surface area contributed by atoms with E-state index >= 15 is 0 Å². The molecule has 0 radical (unpaired) electrons. The van der Waals surface area contributed by atoms with Crippen molar-refractivity contribution in [2.24, 2.45) is 10.9 Å². The van der Waals surface area contributed by atoms with Crippen molar-refractivity contribution in [3.63, 3.8) is 0 Å². The van der Waals surface area contributed by atoms with Gasteiger partial charge < -0.3 is 20.3 Å². The summed E-state index contributed by atoms with van der Waals surface area (Å²) in [5, 5.41) is 6.54. The Balaban J connectivity index is 2.03. The number of rotatable bonds is 6. The molecule has 2 N–H and O–H groups in total. The zero-order valence-corrected chi connectivity index (χ0v) is 16.0. The van der Waals surface area contributed by atoms with E-state index in [0.717, 1.165) is 31.7 Å². The zero-order chi connectivity index (χ0) is 19.1. The lowest BCUT2D eigenvalue weighted by molar-refractivity contribution is -0.127. The van der Waals surface area contributed by atoms with Crippen LogP contribution < -0.4 is 10.6 Å². The Bertz CT molecular complexity index is 642. The molecule has 26 heavy (non-hydrogen) atoms. The normalized spacial score (nSPS) is 18.5. The van der Waals surface area contributed by atoms with E-state index < -0.39 is 0 Å². The number of amides is 1. The first-order chi connectivity index (χ1) is 12.4. The standard InChI is InChI=1S/C19H29FN4O2/c1-13-5-6-16(9-17(13)20)14(2)23-19(22-11-18(25)24(3)4)21-10-15-7-8-26-12-15/h5-6,9,14-15H,7-8,10-12H2,1-4H3,(H2,21,22,23). The van der Waals surface area contributed by atoms with Gasteiger partial charge in [0.2, 0.25) is 5.91 Å². The molecule has 1 aromatic rings. The van der Waals surface area contributed by atoms with Gasteiger partial charge in [-0.25, -0.2) is 9.38 Å². The van der Waals surface area contributed by atoms with Crippen LogP contribution in [0.1, 0.15) is 30.5 Å². The lowest BCUT2D eigenvalue weighted by Crippen LogP contribution is -2.42. The van der Waals surface area contributed by atoms with E-state index in [2.05, 4.69) is 15.6 Å². The summed E-state index contributed by atoms with van der Waals surface area (Å²) in [7, 11) is 3.40. The summed E-state index contributed by atoms with van der Waals surface area (Å²) >= 11 is 0. The van der Waals surface area contributed by atoms with E-state index in [1.807, 2.05) is 13.0 Å². The van der Waals surface area contributed by atoms with Gasteiger partial charge in [0.05, 0.1) is 12.6 Å². The molecular weight excluding hydrogens is 335 g/mol. The number of hydrogen-bond acceptors (Lipinski definition) is 3. The summed E-state index contributed by atoms with van der Waals surface area (Å²) in [6, 6.07) is 5.04. The maximum Gasteiger partial charge on any atom is 0.243 e. The van der Waals surface area contributed by atoms with Crippen LogP contribution >= 0.6 is 0 Å². The highest BCUT2D eigenvalue weighted by molar-refractivity contribution is 5.85. The maximum atomic E-state index is 13.8. The highest BCUT2D eigenvalue weighted by Gasteiger charge is 2.17. The number of aliphatic imine (C=N–C) groups is 1. The molecule has 7 heteroatoms. The lowest BCUT2D eigenvalue weighted by atomic mass is 10.1. The van der Waals surface area contributed by atoms with E-state index in [4.69, 9.17) is 4.74 Å². The third-order valence-electron chi connectivity index (χ3n) is 4.50. The number of halogens is 1. The topological polar surface area (TPSA) is 66.0 Å². The van der Waals surface area contributed by atoms with Gasteiger partial charge in [0, 0.05) is 33.2 Å². The molecule has 0 bridgehead atoms. The molecule has 2 rings (SSSR count). The number of hydrogen-bond donors (Lipinski definition) is 2. The van der Waals surface area contributed by atoms with Gasteiger partial charge in [0.15, 0.2) is 5.96 Å². The van der Waals surface area contributed by atoms with Crippen LogP contribution in [0.3, 0.4) is 0 Å². The third kappa shape index (κ3) is 5.98. The number of likely N-dealkylation sites (N-methyl/N-ethyl adjacent to an activating group) is 1. The van der Waals surface area contributed by atoms with E-state index in [0.29, 0.717) is 17.4 Å². The average Bonchev–Trinajstić information content (AvgIpc) is 3.12. The van der Waals surface area contributed by atoms with Crippen molar-refractivity contribution in [2.75, 3.05) is 40.4 Å². The molecule has 1 fully saturated rings. The maximum absolute atomic E-state index is 13.8. The summed E-state index contributed by atoms with van der Waals surface area (Å²) in [6.45, 7) is 5.96. The highest BCUT2D eigenvalue weighted by atomic mass is 19.1. The number of guanidine groups is 1. The second kappa shape index (κ2) is 9.52. The minimum Gasteiger partial charge on any atom is -0.381 e. The molecule has 144 valence electrons. The van der Waals surface area contributed by atoms with E-state index in [1.54, 1.807) is 27.1 Å². The van der Waals surface area contributed by atoms with Crippen molar-refractivity contribution < 1.29 is 13.9 Å². The summed E-state index contributed by atoms with van der Waals surface area (Å²) in [4.78, 5) is 17.7. The van der Waals surface area contributed by atoms with Crippen LogP contribution in [0.25, 0.3) is 0 Å². The number of carbonyl (C=O) groups is 1. The molecular formula is C19H29FN4O2. The molecule has 0 spiro atoms. The molecule has 1 amide bonds. The average molecular weight is 364 g/mol. The Morgan fingerprint density at radius 2 is 2.23 bits per heavy atom. The van der Waals surface area contributed by atoms with Crippen LogP contribution in [0.15, 0.2) is 23.2 Å². The quantitative estimate of drug-likeness (QED) is 0.597. The fraction of sp³-hybridized carbons (Fsp3) is 0.579. The molecule has 1 heterocycles. The molecule has 2 unspecified atom stereocenters. The van der Waals surface area contributed by atoms with Crippen molar-refractivity contribution in [2.45, 2.75) is 26.3 Å². The van der Waals surface area contributed by atoms with Gasteiger partial charge in [-0.2, -0.15) is 0 Å². The molecule has 1 aliphatic rings. The molecule has 1 saturated heterocycles. The van der Waals surface area contributed by atoms with Crippen molar-refractivity contribution in [3.8, 4) is 0 Å². The zero-order valence-electron chi connectivity index (χ0n) is 16.0. The van der Waals surface area contributed by atoms with Crippen LogP contribution in [0, 0.1) is 18.7 Å². The number of nitrogens with one attached hydrogen (secondary N) is 2. The fourth-order valence-electron chi connectivity index (χ4n) is 2.59. The molecule has 0 aromatic heterocycles. The summed E-state index contributed by atoms with van der Waals surface area (Å²) in [6.07, 6.45) is 1.01. The summed E-state index contributed by atoms with van der Waals surface area (Å²) in [5.74, 6) is 0.664. The molecule has 6 nitrogen and oxygen atoms in total. The van der Waals surface area contributed by atoms with Gasteiger partial charge in [0.25, 0.3) is 0 Å². The van der Waals surface area contributed by atoms with Gasteiger partial charge in [-0.05, 0) is 37.5 Å². The Morgan fingerprint density at radius 1 is 1.46 bits per heavy atom. The first-order valence-electron chi connectivity index (χ1n) is 8.95. The first kappa shape index (κ1) is 20.2. The van der Waals surface area contributed by atoms with Gasteiger partial charge in [0.1, 0.15) is 12.4 Å². The van der Waals surface area contributed by atoms with Crippen molar-refractivity contribution in [3.05, 3.63) is 35.1 Å². The SMILES string of the molecule is Cc1ccc(C(C)NC(=NCC(=O)N(C)C)NCC2CCOC2)cc1F.